The fourth-order valence-corrected chi connectivity index (χ4v) is 5.11. The molecule has 2 aliphatic rings. The Morgan fingerprint density at radius 1 is 1.26 bits per heavy atom. The normalized spacial score (nSPS) is 24.7. The van der Waals surface area contributed by atoms with Crippen LogP contribution in [0.5, 0.6) is 0 Å². The summed E-state index contributed by atoms with van der Waals surface area (Å²) in [6.07, 6.45) is 2.09. The lowest BCUT2D eigenvalue weighted by molar-refractivity contribution is -0.0994. The molecule has 7 heteroatoms. The van der Waals surface area contributed by atoms with Gasteiger partial charge in [0.2, 0.25) is 0 Å². The molecule has 27 heavy (non-hydrogen) atoms. The van der Waals surface area contributed by atoms with Gasteiger partial charge in [0.15, 0.2) is 6.29 Å². The molecule has 2 heterocycles. The second kappa shape index (κ2) is 7.83. The van der Waals surface area contributed by atoms with Gasteiger partial charge in [-0.2, -0.15) is 0 Å². The van der Waals surface area contributed by atoms with E-state index in [9.17, 15) is 0 Å². The number of hydrogen-bond acceptors (Lipinski definition) is 6. The van der Waals surface area contributed by atoms with E-state index in [4.69, 9.17) is 19.9 Å². The number of nitrogens with two attached hydrogens (primary N) is 1. The van der Waals surface area contributed by atoms with E-state index in [1.54, 1.807) is 33.1 Å². The summed E-state index contributed by atoms with van der Waals surface area (Å²) >= 11 is 1.69. The van der Waals surface area contributed by atoms with Gasteiger partial charge in [0.05, 0.1) is 28.7 Å². The molecule has 0 radical (unpaired) electrons. The van der Waals surface area contributed by atoms with Crippen LogP contribution in [-0.2, 0) is 14.2 Å². The Hall–Kier alpha value is -1.54. The minimum absolute atomic E-state index is 0.169. The van der Waals surface area contributed by atoms with Crippen LogP contribution in [-0.4, -0.2) is 56.0 Å². The number of anilines is 1. The Morgan fingerprint density at radius 2 is 2.07 bits per heavy atom. The number of ether oxygens (including phenoxy) is 3. The molecule has 0 amide bonds. The number of nitrogens with zero attached hydrogens (tertiary/aromatic N) is 1. The number of hydrogen-bond donors (Lipinski definition) is 2. The van der Waals surface area contributed by atoms with E-state index in [-0.39, 0.29) is 11.5 Å². The zero-order valence-electron chi connectivity index (χ0n) is 16.0. The third kappa shape index (κ3) is 3.74. The number of aliphatic imine (C=N–C) groups is 1. The number of rotatable bonds is 8. The zero-order valence-corrected chi connectivity index (χ0v) is 16.8. The van der Waals surface area contributed by atoms with E-state index in [1.807, 2.05) is 0 Å². The molecule has 3 unspecified atom stereocenters. The Balaban J connectivity index is 1.52. The number of aromatic amines is 1. The van der Waals surface area contributed by atoms with Crippen LogP contribution in [0.4, 0.5) is 5.69 Å². The molecule has 1 fully saturated rings. The highest BCUT2D eigenvalue weighted by Crippen LogP contribution is 2.50. The van der Waals surface area contributed by atoms with E-state index in [0.29, 0.717) is 12.5 Å². The van der Waals surface area contributed by atoms with Gasteiger partial charge in [-0.3, -0.25) is 4.99 Å². The zero-order chi connectivity index (χ0) is 19.0. The Morgan fingerprint density at radius 3 is 2.81 bits per heavy atom. The lowest BCUT2D eigenvalue weighted by atomic mass is 10.0. The van der Waals surface area contributed by atoms with Gasteiger partial charge in [0.25, 0.3) is 0 Å². The maximum absolute atomic E-state index is 6.36. The van der Waals surface area contributed by atoms with Gasteiger partial charge in [0, 0.05) is 33.3 Å². The molecule has 146 valence electrons. The van der Waals surface area contributed by atoms with Crippen molar-refractivity contribution in [1.82, 2.24) is 4.98 Å². The first kappa shape index (κ1) is 18.8. The second-order valence-electron chi connectivity index (χ2n) is 7.28. The van der Waals surface area contributed by atoms with E-state index in [1.165, 1.54) is 12.0 Å². The SMILES string of the molecule is COCCC1CC1c1cc(N)c2[nH]c(C3=NCC(C(OC)OC)S3)cc2c1. The van der Waals surface area contributed by atoms with Gasteiger partial charge >= 0.3 is 0 Å². The van der Waals surface area contributed by atoms with E-state index in [0.717, 1.165) is 46.3 Å². The molecule has 1 aromatic heterocycles. The van der Waals surface area contributed by atoms with Crippen molar-refractivity contribution in [2.75, 3.05) is 40.2 Å². The monoisotopic (exact) mass is 389 g/mol. The molecule has 1 aromatic carbocycles. The molecule has 1 aliphatic carbocycles. The molecule has 1 saturated carbocycles. The van der Waals surface area contributed by atoms with Gasteiger partial charge in [-0.15, -0.1) is 0 Å². The molecule has 4 rings (SSSR count). The largest absolute Gasteiger partial charge is 0.397 e. The van der Waals surface area contributed by atoms with Gasteiger partial charge < -0.3 is 24.9 Å². The van der Waals surface area contributed by atoms with Crippen molar-refractivity contribution in [3.63, 3.8) is 0 Å². The predicted octanol–water partition coefficient (Wildman–Crippen LogP) is 3.37. The van der Waals surface area contributed by atoms with Crippen LogP contribution in [0.3, 0.4) is 0 Å². The topological polar surface area (TPSA) is 81.9 Å². The van der Waals surface area contributed by atoms with Crippen LogP contribution in [0.2, 0.25) is 0 Å². The fraction of sp³-hybridized carbons (Fsp3) is 0.550. The predicted molar refractivity (Wildman–Crippen MR) is 111 cm³/mol. The standard InChI is InChI=1S/C20H27N3O3S/c1-24-5-4-11-7-14(11)12-6-13-9-16(23-18(13)15(21)8-12)19-22-10-17(27-19)20(25-2)26-3/h6,8-9,11,14,17,20,23H,4-5,7,10,21H2,1-3H3. The van der Waals surface area contributed by atoms with Crippen LogP contribution >= 0.6 is 11.8 Å². The molecule has 0 saturated heterocycles. The van der Waals surface area contributed by atoms with E-state index in [2.05, 4.69) is 28.2 Å². The third-order valence-corrected chi connectivity index (χ3v) is 6.75. The minimum Gasteiger partial charge on any atom is -0.397 e. The van der Waals surface area contributed by atoms with Crippen LogP contribution in [0.1, 0.15) is 30.0 Å². The lowest BCUT2D eigenvalue weighted by Crippen LogP contribution is -2.28. The van der Waals surface area contributed by atoms with E-state index >= 15 is 0 Å². The van der Waals surface area contributed by atoms with Crippen molar-refractivity contribution in [3.8, 4) is 0 Å². The number of methoxy groups -OCH3 is 3. The summed E-state index contributed by atoms with van der Waals surface area (Å²) in [6.45, 7) is 1.51. The first-order valence-corrected chi connectivity index (χ1v) is 10.2. The van der Waals surface area contributed by atoms with Crippen molar-refractivity contribution in [2.24, 2.45) is 10.9 Å². The molecular weight excluding hydrogens is 362 g/mol. The summed E-state index contributed by atoms with van der Waals surface area (Å²) in [5.74, 6) is 1.33. The fourth-order valence-electron chi connectivity index (χ4n) is 3.95. The Bertz CT molecular complexity index is 846. The maximum atomic E-state index is 6.36. The number of nitrogens with one attached hydrogen (secondary N) is 1. The Labute approximate surface area is 163 Å². The van der Waals surface area contributed by atoms with Gasteiger partial charge in [-0.05, 0) is 48.4 Å². The summed E-state index contributed by atoms with van der Waals surface area (Å²) in [4.78, 5) is 8.13. The number of aromatic nitrogens is 1. The summed E-state index contributed by atoms with van der Waals surface area (Å²) < 4.78 is 16.0. The third-order valence-electron chi connectivity index (χ3n) is 5.50. The molecule has 0 bridgehead atoms. The number of benzene rings is 1. The minimum atomic E-state index is -0.254. The van der Waals surface area contributed by atoms with Crippen molar-refractivity contribution < 1.29 is 14.2 Å². The average Bonchev–Trinajstić information content (AvgIpc) is 3.06. The van der Waals surface area contributed by atoms with Crippen LogP contribution in [0.25, 0.3) is 10.9 Å². The quantitative estimate of drug-likeness (QED) is 0.534. The van der Waals surface area contributed by atoms with Crippen molar-refractivity contribution in [3.05, 3.63) is 29.5 Å². The molecule has 6 nitrogen and oxygen atoms in total. The summed E-state index contributed by atoms with van der Waals surface area (Å²) in [5, 5.41) is 2.31. The van der Waals surface area contributed by atoms with Crippen molar-refractivity contribution in [2.45, 2.75) is 30.3 Å². The van der Waals surface area contributed by atoms with Crippen molar-refractivity contribution in [1.29, 1.82) is 0 Å². The number of H-pyrrole nitrogens is 1. The molecule has 2 aromatic rings. The number of nitrogen functional groups attached to an aromatic ring is 1. The second-order valence-corrected chi connectivity index (χ2v) is 8.51. The molecule has 1 aliphatic heterocycles. The van der Waals surface area contributed by atoms with E-state index < -0.39 is 0 Å². The lowest BCUT2D eigenvalue weighted by Gasteiger charge is -2.18. The summed E-state index contributed by atoms with van der Waals surface area (Å²) in [6, 6.07) is 6.55. The highest BCUT2D eigenvalue weighted by molar-refractivity contribution is 8.15. The first-order valence-electron chi connectivity index (χ1n) is 9.32. The van der Waals surface area contributed by atoms with Gasteiger partial charge in [-0.25, -0.2) is 0 Å². The summed E-state index contributed by atoms with van der Waals surface area (Å²) in [5.41, 5.74) is 10.5. The first-order chi connectivity index (χ1) is 13.1. The average molecular weight is 390 g/mol. The highest BCUT2D eigenvalue weighted by Gasteiger charge is 2.38. The number of fused-ring (bicyclic) bond motifs is 1. The van der Waals surface area contributed by atoms with Crippen LogP contribution in [0.15, 0.2) is 23.2 Å². The molecule has 3 atom stereocenters. The maximum Gasteiger partial charge on any atom is 0.170 e. The summed E-state index contributed by atoms with van der Waals surface area (Å²) in [7, 11) is 5.09. The number of thioether (sulfide) groups is 1. The van der Waals surface area contributed by atoms with Gasteiger partial charge in [0.1, 0.15) is 5.04 Å². The van der Waals surface area contributed by atoms with Gasteiger partial charge in [-0.1, -0.05) is 11.8 Å². The smallest absolute Gasteiger partial charge is 0.170 e. The highest BCUT2D eigenvalue weighted by atomic mass is 32.2. The Kier molecular flexibility index (Phi) is 5.45. The molecule has 0 spiro atoms. The molecular formula is C20H27N3O3S. The van der Waals surface area contributed by atoms with Crippen LogP contribution < -0.4 is 5.73 Å². The van der Waals surface area contributed by atoms with Crippen LogP contribution in [0, 0.1) is 5.92 Å². The molecule has 3 N–H and O–H groups in total. The van der Waals surface area contributed by atoms with Crippen molar-refractivity contribution >= 4 is 33.4 Å².